The van der Waals surface area contributed by atoms with Crippen LogP contribution in [0, 0.1) is 0 Å². The molecule has 0 spiro atoms. The fourth-order valence-corrected chi connectivity index (χ4v) is 3.13. The van der Waals surface area contributed by atoms with E-state index in [1.807, 2.05) is 0 Å². The molecule has 2 heterocycles. The van der Waals surface area contributed by atoms with Crippen molar-refractivity contribution in [2.24, 2.45) is 0 Å². The molecule has 1 aliphatic rings. The number of likely N-dealkylation sites (N-methyl/N-ethyl adjacent to an activating group) is 1. The molecule has 4 nitrogen and oxygen atoms in total. The van der Waals surface area contributed by atoms with Crippen molar-refractivity contribution in [2.75, 3.05) is 20.1 Å². The summed E-state index contributed by atoms with van der Waals surface area (Å²) in [6, 6.07) is 3.38. The van der Waals surface area contributed by atoms with Crippen molar-refractivity contribution in [3.05, 3.63) is 18.0 Å². The minimum Gasteiger partial charge on any atom is -0.313 e. The first kappa shape index (κ1) is 15.5. The average Bonchev–Trinajstić information content (AvgIpc) is 2.89. The Morgan fingerprint density at radius 1 is 1.40 bits per heavy atom. The molecule has 0 bridgehead atoms. The Hall–Kier alpha value is -0.870. The van der Waals surface area contributed by atoms with Gasteiger partial charge in [-0.05, 0) is 45.3 Å². The average molecular weight is 278 g/mol. The lowest BCUT2D eigenvalue weighted by molar-refractivity contribution is 0.253. The molecule has 1 N–H and O–H groups in total. The molecule has 20 heavy (non-hydrogen) atoms. The number of aromatic nitrogens is 2. The van der Waals surface area contributed by atoms with Crippen LogP contribution in [-0.4, -0.2) is 40.9 Å². The van der Waals surface area contributed by atoms with Crippen LogP contribution in [0.5, 0.6) is 0 Å². The maximum absolute atomic E-state index is 4.74. The third-order valence-electron chi connectivity index (χ3n) is 4.36. The van der Waals surface area contributed by atoms with Crippen molar-refractivity contribution in [1.82, 2.24) is 20.0 Å². The first-order chi connectivity index (χ1) is 9.72. The van der Waals surface area contributed by atoms with Gasteiger partial charge in [0.1, 0.15) is 0 Å². The third kappa shape index (κ3) is 4.32. The van der Waals surface area contributed by atoms with Gasteiger partial charge in [0.15, 0.2) is 0 Å². The van der Waals surface area contributed by atoms with Gasteiger partial charge >= 0.3 is 0 Å². The van der Waals surface area contributed by atoms with Crippen LogP contribution in [0.3, 0.4) is 0 Å². The van der Waals surface area contributed by atoms with Crippen LogP contribution in [0.2, 0.25) is 0 Å². The van der Waals surface area contributed by atoms with Crippen molar-refractivity contribution >= 4 is 0 Å². The van der Waals surface area contributed by atoms with E-state index < -0.39 is 0 Å². The van der Waals surface area contributed by atoms with Crippen molar-refractivity contribution < 1.29 is 0 Å². The number of piperidine rings is 1. The van der Waals surface area contributed by atoms with Crippen LogP contribution in [0.1, 0.15) is 57.7 Å². The SMILES string of the molecule is CCC(CC)n1ccc(CN(C)CC2CCCCN2)n1. The maximum Gasteiger partial charge on any atom is 0.0764 e. The Kier molecular flexibility index (Phi) is 6.05. The Balaban J connectivity index is 1.83. The zero-order valence-corrected chi connectivity index (χ0v) is 13.3. The van der Waals surface area contributed by atoms with E-state index in [1.54, 1.807) is 0 Å². The molecule has 0 aromatic carbocycles. The van der Waals surface area contributed by atoms with E-state index in [1.165, 1.54) is 31.5 Å². The first-order valence-electron chi connectivity index (χ1n) is 8.18. The molecule has 0 aliphatic carbocycles. The Bertz CT molecular complexity index is 378. The van der Waals surface area contributed by atoms with Crippen LogP contribution in [0.15, 0.2) is 12.3 Å². The number of rotatable bonds is 7. The molecule has 0 radical (unpaired) electrons. The Morgan fingerprint density at radius 3 is 2.85 bits per heavy atom. The van der Waals surface area contributed by atoms with Crippen LogP contribution < -0.4 is 5.32 Å². The molecule has 1 aromatic rings. The normalized spacial score (nSPS) is 19.9. The van der Waals surface area contributed by atoms with Gasteiger partial charge in [0.25, 0.3) is 0 Å². The van der Waals surface area contributed by atoms with Crippen molar-refractivity contribution in [3.63, 3.8) is 0 Å². The topological polar surface area (TPSA) is 33.1 Å². The lowest BCUT2D eigenvalue weighted by atomic mass is 10.0. The highest BCUT2D eigenvalue weighted by Crippen LogP contribution is 2.15. The largest absolute Gasteiger partial charge is 0.313 e. The summed E-state index contributed by atoms with van der Waals surface area (Å²) in [6.45, 7) is 7.72. The molecule has 4 heteroatoms. The van der Waals surface area contributed by atoms with Gasteiger partial charge in [-0.3, -0.25) is 9.58 Å². The summed E-state index contributed by atoms with van der Waals surface area (Å²) in [7, 11) is 2.20. The highest BCUT2D eigenvalue weighted by molar-refractivity contribution is 4.99. The summed E-state index contributed by atoms with van der Waals surface area (Å²) in [5.74, 6) is 0. The van der Waals surface area contributed by atoms with E-state index in [2.05, 4.69) is 48.1 Å². The predicted octanol–water partition coefficient (Wildman–Crippen LogP) is 2.82. The van der Waals surface area contributed by atoms with E-state index in [4.69, 9.17) is 5.10 Å². The molecule has 1 atom stereocenters. The van der Waals surface area contributed by atoms with Crippen molar-refractivity contribution in [2.45, 2.75) is 64.6 Å². The van der Waals surface area contributed by atoms with E-state index in [-0.39, 0.29) is 0 Å². The summed E-state index contributed by atoms with van der Waals surface area (Å²) < 4.78 is 2.14. The van der Waals surface area contributed by atoms with Crippen LogP contribution in [-0.2, 0) is 6.54 Å². The molecule has 2 rings (SSSR count). The molecular weight excluding hydrogens is 248 g/mol. The standard InChI is InChI=1S/C16H30N4/c1-4-16(5-2)20-11-9-15(18-20)13-19(3)12-14-8-6-7-10-17-14/h9,11,14,16-17H,4-8,10,12-13H2,1-3H3. The maximum atomic E-state index is 4.74. The predicted molar refractivity (Wildman–Crippen MR) is 83.8 cm³/mol. The second-order valence-corrected chi connectivity index (χ2v) is 6.10. The molecule has 1 aliphatic heterocycles. The number of hydrogen-bond donors (Lipinski definition) is 1. The zero-order chi connectivity index (χ0) is 14.4. The number of nitrogens with zero attached hydrogens (tertiary/aromatic N) is 3. The van der Waals surface area contributed by atoms with Crippen molar-refractivity contribution in [3.8, 4) is 0 Å². The lowest BCUT2D eigenvalue weighted by Crippen LogP contribution is -2.42. The third-order valence-corrected chi connectivity index (χ3v) is 4.36. The van der Waals surface area contributed by atoms with Gasteiger partial charge in [-0.25, -0.2) is 0 Å². The Labute approximate surface area is 123 Å². The molecule has 1 saturated heterocycles. The van der Waals surface area contributed by atoms with Crippen LogP contribution >= 0.6 is 0 Å². The Morgan fingerprint density at radius 2 is 2.20 bits per heavy atom. The van der Waals surface area contributed by atoms with Crippen molar-refractivity contribution in [1.29, 1.82) is 0 Å². The van der Waals surface area contributed by atoms with Gasteiger partial charge in [-0.1, -0.05) is 20.3 Å². The minimum absolute atomic E-state index is 0.550. The van der Waals surface area contributed by atoms with E-state index in [0.717, 1.165) is 25.9 Å². The van der Waals surface area contributed by atoms with Gasteiger partial charge in [0.2, 0.25) is 0 Å². The highest BCUT2D eigenvalue weighted by Gasteiger charge is 2.15. The summed E-state index contributed by atoms with van der Waals surface area (Å²) >= 11 is 0. The fraction of sp³-hybridized carbons (Fsp3) is 0.812. The zero-order valence-electron chi connectivity index (χ0n) is 13.3. The molecule has 0 amide bonds. The molecule has 1 fully saturated rings. The lowest BCUT2D eigenvalue weighted by Gasteiger charge is -2.27. The monoisotopic (exact) mass is 278 g/mol. The first-order valence-corrected chi connectivity index (χ1v) is 8.18. The smallest absolute Gasteiger partial charge is 0.0764 e. The van der Waals surface area contributed by atoms with Gasteiger partial charge < -0.3 is 5.32 Å². The van der Waals surface area contributed by atoms with E-state index in [0.29, 0.717) is 12.1 Å². The quantitative estimate of drug-likeness (QED) is 0.832. The molecular formula is C16H30N4. The van der Waals surface area contributed by atoms with E-state index >= 15 is 0 Å². The van der Waals surface area contributed by atoms with Gasteiger partial charge in [-0.15, -0.1) is 0 Å². The molecule has 0 saturated carbocycles. The summed E-state index contributed by atoms with van der Waals surface area (Å²) in [5, 5.41) is 8.35. The molecule has 114 valence electrons. The van der Waals surface area contributed by atoms with Gasteiger partial charge in [-0.2, -0.15) is 5.10 Å². The molecule has 1 aromatic heterocycles. The second kappa shape index (κ2) is 7.79. The summed E-state index contributed by atoms with van der Waals surface area (Å²) in [4.78, 5) is 2.39. The summed E-state index contributed by atoms with van der Waals surface area (Å²) in [6.07, 6.45) is 8.46. The number of hydrogen-bond acceptors (Lipinski definition) is 3. The van der Waals surface area contributed by atoms with Gasteiger partial charge in [0, 0.05) is 25.3 Å². The fourth-order valence-electron chi connectivity index (χ4n) is 3.13. The minimum atomic E-state index is 0.550. The van der Waals surface area contributed by atoms with Crippen LogP contribution in [0.25, 0.3) is 0 Å². The second-order valence-electron chi connectivity index (χ2n) is 6.10. The number of nitrogens with one attached hydrogen (secondary N) is 1. The highest BCUT2D eigenvalue weighted by atomic mass is 15.3. The summed E-state index contributed by atoms with van der Waals surface area (Å²) in [5.41, 5.74) is 1.19. The van der Waals surface area contributed by atoms with E-state index in [9.17, 15) is 0 Å². The van der Waals surface area contributed by atoms with Gasteiger partial charge in [0.05, 0.1) is 11.7 Å². The van der Waals surface area contributed by atoms with Crippen LogP contribution in [0.4, 0.5) is 0 Å². The molecule has 1 unspecified atom stereocenters.